The van der Waals surface area contributed by atoms with E-state index in [-0.39, 0.29) is 22.6 Å². The Bertz CT molecular complexity index is 928. The molecule has 1 aliphatic rings. The summed E-state index contributed by atoms with van der Waals surface area (Å²) in [6, 6.07) is 0. The van der Waals surface area contributed by atoms with Gasteiger partial charge in [-0.1, -0.05) is 0 Å². The lowest BCUT2D eigenvalue weighted by molar-refractivity contribution is -0.0384. The number of nitrogen functional groups attached to an aromatic ring is 1. The minimum Gasteiger partial charge on any atom is -0.387 e. The van der Waals surface area contributed by atoms with E-state index in [4.69, 9.17) is 22.1 Å². The Labute approximate surface area is 145 Å². The second-order valence-corrected chi connectivity index (χ2v) is 5.80. The first-order valence-corrected chi connectivity index (χ1v) is 7.82. The maximum Gasteiger partial charge on any atom is 0.226 e. The van der Waals surface area contributed by atoms with Crippen LogP contribution >= 0.6 is 11.6 Å². The normalized spacial score (nSPS) is 26.6. The van der Waals surface area contributed by atoms with Crippen LogP contribution in [0.5, 0.6) is 0 Å². The fourth-order valence-electron chi connectivity index (χ4n) is 2.70. The van der Waals surface area contributed by atoms with Gasteiger partial charge in [0.1, 0.15) is 17.7 Å². The van der Waals surface area contributed by atoms with Crippen molar-refractivity contribution >= 4 is 28.6 Å². The van der Waals surface area contributed by atoms with Crippen LogP contribution < -0.4 is 5.73 Å². The molecule has 0 aliphatic carbocycles. The number of nitrogens with two attached hydrogens (primary N) is 1. The van der Waals surface area contributed by atoms with Crippen molar-refractivity contribution in [2.45, 2.75) is 38.0 Å². The number of hydrogen-bond acceptors (Lipinski definition) is 10. The Kier molecular flexibility index (Phi) is 3.76. The first-order valence-electron chi connectivity index (χ1n) is 7.44. The summed E-state index contributed by atoms with van der Waals surface area (Å²) < 4.78 is 7.19. The molecule has 12 nitrogen and oxygen atoms in total. The molecule has 4 rings (SSSR count). The average Bonchev–Trinajstić information content (AvgIpc) is 3.27. The van der Waals surface area contributed by atoms with Crippen molar-refractivity contribution in [1.29, 1.82) is 0 Å². The summed E-state index contributed by atoms with van der Waals surface area (Å²) in [6.07, 6.45) is -3.08. The average molecular weight is 368 g/mol. The van der Waals surface area contributed by atoms with Gasteiger partial charge in [-0.2, -0.15) is 14.8 Å². The van der Waals surface area contributed by atoms with Gasteiger partial charge in [0.15, 0.2) is 23.8 Å². The number of aromatic nitrogens is 8. The zero-order valence-electron chi connectivity index (χ0n) is 12.9. The number of aliphatic hydroxyl groups excluding tert-OH is 2. The van der Waals surface area contributed by atoms with Crippen LogP contribution in [0.3, 0.4) is 0 Å². The second-order valence-electron chi connectivity index (χ2n) is 5.47. The van der Waals surface area contributed by atoms with E-state index in [1.807, 2.05) is 6.92 Å². The Hall–Kier alpha value is -2.41. The first kappa shape index (κ1) is 16.1. The topological polar surface area (TPSA) is 163 Å². The second kappa shape index (κ2) is 5.84. The number of anilines is 1. The summed E-state index contributed by atoms with van der Waals surface area (Å²) in [5.74, 6) is 0.276. The number of aliphatic hydroxyl groups is 2. The highest BCUT2D eigenvalue weighted by Gasteiger charge is 2.47. The predicted octanol–water partition coefficient (Wildman–Crippen LogP) is -0.940. The highest BCUT2D eigenvalue weighted by atomic mass is 35.5. The van der Waals surface area contributed by atoms with Crippen molar-refractivity contribution in [3.05, 3.63) is 17.4 Å². The van der Waals surface area contributed by atoms with E-state index in [9.17, 15) is 10.2 Å². The number of imidazole rings is 1. The number of nitrogens with zero attached hydrogens (tertiary/aromatic N) is 8. The molecule has 3 aromatic rings. The smallest absolute Gasteiger partial charge is 0.226 e. The van der Waals surface area contributed by atoms with E-state index >= 15 is 0 Å². The Morgan fingerprint density at radius 1 is 1.32 bits per heavy atom. The zero-order chi connectivity index (χ0) is 17.7. The SMILES string of the molecule is CCn1nnc([C@H]2O[C@@H](n3cnc4c(N)nc(Cl)nc43)[C@H](O)[C@@H]2O)n1. The summed E-state index contributed by atoms with van der Waals surface area (Å²) in [5.41, 5.74) is 6.36. The third kappa shape index (κ3) is 2.50. The van der Waals surface area contributed by atoms with Gasteiger partial charge in [0.25, 0.3) is 0 Å². The van der Waals surface area contributed by atoms with Crippen molar-refractivity contribution in [2.24, 2.45) is 0 Å². The van der Waals surface area contributed by atoms with Crippen molar-refractivity contribution in [2.75, 3.05) is 5.73 Å². The number of tetrazole rings is 1. The van der Waals surface area contributed by atoms with Crippen molar-refractivity contribution < 1.29 is 14.9 Å². The maximum atomic E-state index is 10.4. The van der Waals surface area contributed by atoms with Gasteiger partial charge in [-0.3, -0.25) is 4.57 Å². The lowest BCUT2D eigenvalue weighted by Crippen LogP contribution is -2.29. The molecule has 25 heavy (non-hydrogen) atoms. The van der Waals surface area contributed by atoms with Crippen LogP contribution in [0.1, 0.15) is 25.1 Å². The van der Waals surface area contributed by atoms with Crippen LogP contribution in [-0.2, 0) is 11.3 Å². The number of fused-ring (bicyclic) bond motifs is 1. The molecule has 0 saturated carbocycles. The van der Waals surface area contributed by atoms with Crippen molar-refractivity contribution in [1.82, 2.24) is 39.7 Å². The third-order valence-corrected chi connectivity index (χ3v) is 4.11. The Morgan fingerprint density at radius 3 is 2.84 bits per heavy atom. The highest BCUT2D eigenvalue weighted by molar-refractivity contribution is 6.28. The summed E-state index contributed by atoms with van der Waals surface area (Å²) in [5, 5.41) is 32.5. The molecule has 0 radical (unpaired) electrons. The minimum atomic E-state index is -1.27. The van der Waals surface area contributed by atoms with Crippen LogP contribution in [0.4, 0.5) is 5.82 Å². The molecule has 4 N–H and O–H groups in total. The molecule has 1 saturated heterocycles. The highest BCUT2D eigenvalue weighted by Crippen LogP contribution is 2.38. The fourth-order valence-corrected chi connectivity index (χ4v) is 2.87. The molecule has 0 spiro atoms. The van der Waals surface area contributed by atoms with Crippen LogP contribution in [0, 0.1) is 0 Å². The first-order chi connectivity index (χ1) is 12.0. The molecule has 0 bridgehead atoms. The molecule has 0 aromatic carbocycles. The number of hydrogen-bond donors (Lipinski definition) is 3. The summed E-state index contributed by atoms with van der Waals surface area (Å²) >= 11 is 5.84. The quantitative estimate of drug-likeness (QED) is 0.492. The molecular weight excluding hydrogens is 354 g/mol. The molecule has 132 valence electrons. The van der Waals surface area contributed by atoms with Gasteiger partial charge in [-0.25, -0.2) is 4.98 Å². The molecule has 0 amide bonds. The van der Waals surface area contributed by atoms with E-state index in [0.717, 1.165) is 0 Å². The predicted molar refractivity (Wildman–Crippen MR) is 83.1 cm³/mol. The molecule has 0 unspecified atom stereocenters. The van der Waals surface area contributed by atoms with Gasteiger partial charge in [0, 0.05) is 0 Å². The largest absolute Gasteiger partial charge is 0.387 e. The van der Waals surface area contributed by atoms with E-state index in [1.165, 1.54) is 15.7 Å². The van der Waals surface area contributed by atoms with Crippen LogP contribution in [-0.4, -0.2) is 62.1 Å². The fraction of sp³-hybridized carbons (Fsp3) is 0.500. The van der Waals surface area contributed by atoms with Crippen LogP contribution in [0.25, 0.3) is 11.2 Å². The molecule has 4 atom stereocenters. The van der Waals surface area contributed by atoms with Crippen LogP contribution in [0.2, 0.25) is 5.28 Å². The van der Waals surface area contributed by atoms with E-state index in [1.54, 1.807) is 0 Å². The standard InChI is InChI=1S/C12H14ClN9O3/c1-2-22-19-9(18-20-22)7-5(23)6(24)11(25-7)21-3-15-4-8(14)16-12(13)17-10(4)21/h3,5-7,11,23-24H,2H2,1H3,(H2,14,16,17)/t5-,6+,7-,11+/m0/s1. The lowest BCUT2D eigenvalue weighted by Gasteiger charge is -2.16. The molecule has 3 aromatic heterocycles. The summed E-state index contributed by atoms with van der Waals surface area (Å²) in [4.78, 5) is 13.4. The molecule has 13 heteroatoms. The monoisotopic (exact) mass is 367 g/mol. The molecule has 4 heterocycles. The number of ether oxygens (including phenoxy) is 1. The van der Waals surface area contributed by atoms with Crippen molar-refractivity contribution in [3.8, 4) is 0 Å². The number of rotatable bonds is 3. The third-order valence-electron chi connectivity index (χ3n) is 3.94. The van der Waals surface area contributed by atoms with Gasteiger partial charge >= 0.3 is 0 Å². The van der Waals surface area contributed by atoms with Gasteiger partial charge in [-0.05, 0) is 23.7 Å². The molecule has 1 fully saturated rings. The molecular formula is C12H14ClN9O3. The van der Waals surface area contributed by atoms with Crippen molar-refractivity contribution in [3.63, 3.8) is 0 Å². The molecule has 1 aliphatic heterocycles. The minimum absolute atomic E-state index is 0.0658. The van der Waals surface area contributed by atoms with E-state index in [0.29, 0.717) is 12.1 Å². The van der Waals surface area contributed by atoms with Gasteiger partial charge < -0.3 is 20.7 Å². The van der Waals surface area contributed by atoms with Gasteiger partial charge in [-0.15, -0.1) is 10.2 Å². The Balaban J connectivity index is 1.72. The number of aryl methyl sites for hydroxylation is 1. The lowest BCUT2D eigenvalue weighted by atomic mass is 10.1. The van der Waals surface area contributed by atoms with Gasteiger partial charge in [0.05, 0.1) is 12.9 Å². The summed E-state index contributed by atoms with van der Waals surface area (Å²) in [7, 11) is 0. The zero-order valence-corrected chi connectivity index (χ0v) is 13.7. The number of halogens is 1. The summed E-state index contributed by atoms with van der Waals surface area (Å²) in [6.45, 7) is 2.36. The van der Waals surface area contributed by atoms with E-state index in [2.05, 4.69) is 30.4 Å². The van der Waals surface area contributed by atoms with Crippen LogP contribution in [0.15, 0.2) is 6.33 Å². The van der Waals surface area contributed by atoms with E-state index < -0.39 is 24.5 Å². The maximum absolute atomic E-state index is 10.4. The van der Waals surface area contributed by atoms with Gasteiger partial charge in [0.2, 0.25) is 11.1 Å². The Morgan fingerprint density at radius 2 is 2.12 bits per heavy atom.